The summed E-state index contributed by atoms with van der Waals surface area (Å²) >= 11 is 5.60. The Morgan fingerprint density at radius 3 is 1.61 bits per heavy atom. The van der Waals surface area contributed by atoms with E-state index in [9.17, 15) is 0 Å². The SMILES string of the molecule is CCCCCCCCCCCCCCCCCCOc1ccc(C=CC(=S)c2ccc(CCC)cc2)cc1. The first-order valence-corrected chi connectivity index (χ1v) is 16.2. The normalized spacial score (nSPS) is 11.3. The van der Waals surface area contributed by atoms with E-state index in [0.717, 1.165) is 41.2 Å². The van der Waals surface area contributed by atoms with Gasteiger partial charge in [0.2, 0.25) is 0 Å². The van der Waals surface area contributed by atoms with Crippen LogP contribution in [-0.2, 0) is 6.42 Å². The highest BCUT2D eigenvalue weighted by molar-refractivity contribution is 7.81. The van der Waals surface area contributed by atoms with E-state index < -0.39 is 0 Å². The number of rotatable bonds is 23. The van der Waals surface area contributed by atoms with Crippen LogP contribution in [0.3, 0.4) is 0 Å². The van der Waals surface area contributed by atoms with Gasteiger partial charge in [-0.05, 0) is 47.7 Å². The van der Waals surface area contributed by atoms with Crippen molar-refractivity contribution in [2.75, 3.05) is 6.61 Å². The number of hydrogen-bond donors (Lipinski definition) is 0. The lowest BCUT2D eigenvalue weighted by atomic mass is 10.0. The molecule has 210 valence electrons. The second-order valence-electron chi connectivity index (χ2n) is 10.9. The van der Waals surface area contributed by atoms with E-state index >= 15 is 0 Å². The summed E-state index contributed by atoms with van der Waals surface area (Å²) in [6, 6.07) is 17.0. The molecular weight excluding hydrogens is 480 g/mol. The van der Waals surface area contributed by atoms with E-state index in [2.05, 4.69) is 68.5 Å². The minimum Gasteiger partial charge on any atom is -0.494 e. The maximum absolute atomic E-state index is 5.96. The summed E-state index contributed by atoms with van der Waals surface area (Å²) in [6.45, 7) is 5.31. The second-order valence-corrected chi connectivity index (χ2v) is 11.3. The number of allylic oxidation sites excluding steroid dienone is 1. The summed E-state index contributed by atoms with van der Waals surface area (Å²) in [6.07, 6.45) is 28.7. The predicted octanol–water partition coefficient (Wildman–Crippen LogP) is 11.7. The Morgan fingerprint density at radius 2 is 1.11 bits per heavy atom. The zero-order valence-electron chi connectivity index (χ0n) is 24.5. The molecule has 2 aromatic carbocycles. The van der Waals surface area contributed by atoms with Crippen LogP contribution < -0.4 is 4.74 Å². The smallest absolute Gasteiger partial charge is 0.119 e. The van der Waals surface area contributed by atoms with Crippen LogP contribution in [0.15, 0.2) is 54.6 Å². The van der Waals surface area contributed by atoms with Gasteiger partial charge in [-0.1, -0.05) is 171 Å². The second kappa shape index (κ2) is 21.9. The first kappa shape index (κ1) is 32.3. The van der Waals surface area contributed by atoms with Crippen LogP contribution in [0.4, 0.5) is 0 Å². The number of aryl methyl sites for hydroxylation is 1. The van der Waals surface area contributed by atoms with Crippen molar-refractivity contribution in [1.82, 2.24) is 0 Å². The molecule has 0 unspecified atom stereocenters. The molecule has 0 bridgehead atoms. The first-order valence-electron chi connectivity index (χ1n) is 15.8. The van der Waals surface area contributed by atoms with Crippen LogP contribution in [0, 0.1) is 0 Å². The van der Waals surface area contributed by atoms with E-state index in [1.165, 1.54) is 108 Å². The molecule has 0 radical (unpaired) electrons. The standard InChI is InChI=1S/C36H54OS/c1-3-5-6-7-8-9-10-11-12-13-14-15-16-17-18-19-31-37-35-28-23-33(24-29-35)25-30-36(38)34-26-21-32(20-4-2)22-27-34/h21-30H,3-20,31H2,1-2H3. The van der Waals surface area contributed by atoms with Gasteiger partial charge in [-0.25, -0.2) is 0 Å². The zero-order valence-corrected chi connectivity index (χ0v) is 25.3. The third-order valence-electron chi connectivity index (χ3n) is 7.35. The zero-order chi connectivity index (χ0) is 27.1. The molecule has 0 saturated carbocycles. The summed E-state index contributed by atoms with van der Waals surface area (Å²) in [5, 5.41) is 0. The van der Waals surface area contributed by atoms with E-state index in [4.69, 9.17) is 17.0 Å². The maximum Gasteiger partial charge on any atom is 0.119 e. The lowest BCUT2D eigenvalue weighted by Gasteiger charge is -2.07. The lowest BCUT2D eigenvalue weighted by molar-refractivity contribution is 0.304. The topological polar surface area (TPSA) is 9.23 Å². The highest BCUT2D eigenvalue weighted by Gasteiger charge is 2.00. The highest BCUT2D eigenvalue weighted by Crippen LogP contribution is 2.17. The number of ether oxygens (including phenoxy) is 1. The van der Waals surface area contributed by atoms with E-state index in [1.54, 1.807) is 0 Å². The molecule has 0 amide bonds. The predicted molar refractivity (Wildman–Crippen MR) is 173 cm³/mol. The Morgan fingerprint density at radius 1 is 0.605 bits per heavy atom. The van der Waals surface area contributed by atoms with Gasteiger partial charge in [-0.2, -0.15) is 0 Å². The molecule has 0 aliphatic heterocycles. The Bertz CT molecular complexity index is 865. The fourth-order valence-corrected chi connectivity index (χ4v) is 5.11. The van der Waals surface area contributed by atoms with Crippen molar-refractivity contribution in [3.8, 4) is 5.75 Å². The summed E-state index contributed by atoms with van der Waals surface area (Å²) in [5.74, 6) is 0.956. The molecule has 2 heteroatoms. The number of hydrogen-bond acceptors (Lipinski definition) is 2. The maximum atomic E-state index is 5.96. The van der Waals surface area contributed by atoms with Gasteiger partial charge in [0.05, 0.1) is 6.61 Å². The van der Waals surface area contributed by atoms with Gasteiger partial charge < -0.3 is 4.74 Å². The number of thiocarbonyl (C=S) groups is 1. The van der Waals surface area contributed by atoms with Gasteiger partial charge in [0.1, 0.15) is 5.75 Å². The largest absolute Gasteiger partial charge is 0.494 e. The Kier molecular flexibility index (Phi) is 18.6. The van der Waals surface area contributed by atoms with Crippen molar-refractivity contribution in [2.45, 2.75) is 129 Å². The third-order valence-corrected chi connectivity index (χ3v) is 7.72. The average Bonchev–Trinajstić information content (AvgIpc) is 2.94. The minimum absolute atomic E-state index is 0.811. The van der Waals surface area contributed by atoms with Crippen LogP contribution in [0.2, 0.25) is 0 Å². The quantitative estimate of drug-likeness (QED) is 0.0606. The summed E-state index contributed by atoms with van der Waals surface area (Å²) in [4.78, 5) is 0.872. The van der Waals surface area contributed by atoms with Gasteiger partial charge >= 0.3 is 0 Å². The average molecular weight is 535 g/mol. The molecule has 0 N–H and O–H groups in total. The molecule has 0 spiro atoms. The van der Waals surface area contributed by atoms with Gasteiger partial charge in [0.25, 0.3) is 0 Å². The van der Waals surface area contributed by atoms with Crippen LogP contribution >= 0.6 is 12.2 Å². The van der Waals surface area contributed by atoms with Crippen LogP contribution in [0.1, 0.15) is 140 Å². The molecule has 0 saturated heterocycles. The molecule has 0 aliphatic carbocycles. The van der Waals surface area contributed by atoms with E-state index in [0.29, 0.717) is 0 Å². The Hall–Kier alpha value is -1.93. The van der Waals surface area contributed by atoms with Crippen molar-refractivity contribution in [2.24, 2.45) is 0 Å². The number of benzene rings is 2. The monoisotopic (exact) mass is 534 g/mol. The van der Waals surface area contributed by atoms with Crippen molar-refractivity contribution in [3.05, 3.63) is 71.3 Å². The summed E-state index contributed by atoms with van der Waals surface area (Å²) < 4.78 is 5.96. The summed E-state index contributed by atoms with van der Waals surface area (Å²) in [7, 11) is 0. The van der Waals surface area contributed by atoms with Gasteiger partial charge in [-0.3, -0.25) is 0 Å². The van der Waals surface area contributed by atoms with Crippen LogP contribution in [0.5, 0.6) is 5.75 Å². The molecule has 0 aliphatic rings. The molecular formula is C36H54OS. The third kappa shape index (κ3) is 15.5. The fraction of sp³-hybridized carbons (Fsp3) is 0.583. The fourth-order valence-electron chi connectivity index (χ4n) is 4.91. The molecule has 2 aromatic rings. The van der Waals surface area contributed by atoms with Gasteiger partial charge in [0.15, 0.2) is 0 Å². The van der Waals surface area contributed by atoms with Crippen molar-refractivity contribution < 1.29 is 4.74 Å². The van der Waals surface area contributed by atoms with Crippen LogP contribution in [0.25, 0.3) is 6.08 Å². The van der Waals surface area contributed by atoms with Gasteiger partial charge in [-0.15, -0.1) is 0 Å². The Balaban J connectivity index is 1.45. The molecule has 0 heterocycles. The number of unbranched alkanes of at least 4 members (excludes halogenated alkanes) is 15. The molecule has 0 aromatic heterocycles. The molecule has 38 heavy (non-hydrogen) atoms. The first-order chi connectivity index (χ1) is 18.7. The van der Waals surface area contributed by atoms with E-state index in [1.807, 2.05) is 6.08 Å². The highest BCUT2D eigenvalue weighted by atomic mass is 32.1. The van der Waals surface area contributed by atoms with E-state index in [-0.39, 0.29) is 0 Å². The van der Waals surface area contributed by atoms with Crippen LogP contribution in [-0.4, -0.2) is 11.5 Å². The van der Waals surface area contributed by atoms with Crippen molar-refractivity contribution >= 4 is 23.2 Å². The summed E-state index contributed by atoms with van der Waals surface area (Å²) in [5.41, 5.74) is 3.62. The van der Waals surface area contributed by atoms with Crippen molar-refractivity contribution in [3.63, 3.8) is 0 Å². The lowest BCUT2D eigenvalue weighted by Crippen LogP contribution is -1.97. The molecule has 0 atom stereocenters. The molecule has 2 rings (SSSR count). The minimum atomic E-state index is 0.811. The van der Waals surface area contributed by atoms with Crippen molar-refractivity contribution in [1.29, 1.82) is 0 Å². The van der Waals surface area contributed by atoms with Gasteiger partial charge in [0, 0.05) is 4.86 Å². The Labute approximate surface area is 240 Å². The molecule has 1 nitrogen and oxygen atoms in total. The molecule has 0 fully saturated rings.